The van der Waals surface area contributed by atoms with Crippen molar-refractivity contribution < 1.29 is 28.6 Å². The van der Waals surface area contributed by atoms with E-state index in [0.717, 1.165) is 70.6 Å². The van der Waals surface area contributed by atoms with Crippen LogP contribution in [-0.4, -0.2) is 37.2 Å². The molecule has 1 atom stereocenters. The highest BCUT2D eigenvalue weighted by atomic mass is 16.6. The lowest BCUT2D eigenvalue weighted by Gasteiger charge is -2.18. The van der Waals surface area contributed by atoms with Crippen molar-refractivity contribution in [2.75, 3.05) is 13.2 Å². The van der Waals surface area contributed by atoms with Gasteiger partial charge in [-0.15, -0.1) is 0 Å². The molecule has 0 bridgehead atoms. The minimum Gasteiger partial charge on any atom is -0.462 e. The highest BCUT2D eigenvalue weighted by molar-refractivity contribution is 5.71. The molecule has 0 rings (SSSR count). The standard InChI is InChI=1S/C70H132O6/c1-4-7-10-13-16-19-22-25-27-28-29-30-31-32-33-34-35-36-37-38-39-40-41-42-43-46-48-51-54-57-60-63-69(72)75-66-67(65-74-68(71)62-59-56-53-50-47-44-24-21-18-15-12-9-6-3)76-70(73)64-61-58-55-52-49-45-26-23-20-17-14-11-8-5-2/h21,23-24,26,67H,4-20,22,25,27-66H2,1-3H3/b24-21-,26-23-. The second-order valence-corrected chi connectivity index (χ2v) is 23.4. The minimum atomic E-state index is -0.776. The van der Waals surface area contributed by atoms with Crippen LogP contribution < -0.4 is 0 Å². The molecule has 0 saturated carbocycles. The molecule has 0 amide bonds. The minimum absolute atomic E-state index is 0.0725. The maximum Gasteiger partial charge on any atom is 0.306 e. The number of carbonyl (C=O) groups excluding carboxylic acids is 3. The molecule has 0 heterocycles. The third-order valence-electron chi connectivity index (χ3n) is 15.7. The van der Waals surface area contributed by atoms with Gasteiger partial charge < -0.3 is 14.2 Å². The van der Waals surface area contributed by atoms with Crippen LogP contribution in [-0.2, 0) is 28.6 Å². The Morgan fingerprint density at radius 3 is 0.671 bits per heavy atom. The fraction of sp³-hybridized carbons (Fsp3) is 0.900. The molecule has 0 aromatic rings. The van der Waals surface area contributed by atoms with E-state index in [1.807, 2.05) is 0 Å². The first-order valence-electron chi connectivity index (χ1n) is 34.3. The number of esters is 3. The van der Waals surface area contributed by atoms with Gasteiger partial charge in [-0.05, 0) is 70.6 Å². The van der Waals surface area contributed by atoms with Crippen molar-refractivity contribution in [2.24, 2.45) is 0 Å². The van der Waals surface area contributed by atoms with Crippen LogP contribution in [0.3, 0.4) is 0 Å². The molecule has 0 saturated heterocycles. The van der Waals surface area contributed by atoms with Gasteiger partial charge in [-0.2, -0.15) is 0 Å². The third-order valence-corrected chi connectivity index (χ3v) is 15.7. The van der Waals surface area contributed by atoms with Gasteiger partial charge in [0.25, 0.3) is 0 Å². The van der Waals surface area contributed by atoms with Gasteiger partial charge in [-0.25, -0.2) is 0 Å². The second kappa shape index (κ2) is 65.4. The van der Waals surface area contributed by atoms with Crippen LogP contribution >= 0.6 is 0 Å². The zero-order valence-corrected chi connectivity index (χ0v) is 51.6. The number of unbranched alkanes of at least 4 members (excludes halogenated alkanes) is 49. The van der Waals surface area contributed by atoms with Crippen LogP contribution in [0.15, 0.2) is 24.3 Å². The summed E-state index contributed by atoms with van der Waals surface area (Å²) in [7, 11) is 0. The molecule has 1 unspecified atom stereocenters. The summed E-state index contributed by atoms with van der Waals surface area (Å²) < 4.78 is 16.9. The predicted octanol–water partition coefficient (Wildman–Crippen LogP) is 23.4. The van der Waals surface area contributed by atoms with Crippen molar-refractivity contribution >= 4 is 17.9 Å². The second-order valence-electron chi connectivity index (χ2n) is 23.4. The summed E-state index contributed by atoms with van der Waals surface area (Å²) in [6.07, 6.45) is 79.4. The molecule has 6 nitrogen and oxygen atoms in total. The number of ether oxygens (including phenoxy) is 3. The Bertz CT molecular complexity index is 1230. The lowest BCUT2D eigenvalue weighted by Crippen LogP contribution is -2.30. The Morgan fingerprint density at radius 2 is 0.434 bits per heavy atom. The Morgan fingerprint density at radius 1 is 0.250 bits per heavy atom. The lowest BCUT2D eigenvalue weighted by molar-refractivity contribution is -0.167. The zero-order chi connectivity index (χ0) is 55.0. The molecule has 0 radical (unpaired) electrons. The Balaban J connectivity index is 4.09. The van der Waals surface area contributed by atoms with Gasteiger partial charge in [-0.1, -0.05) is 321 Å². The van der Waals surface area contributed by atoms with E-state index in [4.69, 9.17) is 14.2 Å². The number of hydrogen-bond acceptors (Lipinski definition) is 6. The lowest BCUT2D eigenvalue weighted by atomic mass is 10.0. The van der Waals surface area contributed by atoms with Gasteiger partial charge in [-0.3, -0.25) is 14.4 Å². The Hall–Kier alpha value is -2.11. The summed E-state index contributed by atoms with van der Waals surface area (Å²) in [4.78, 5) is 38.3. The van der Waals surface area contributed by atoms with E-state index in [-0.39, 0.29) is 31.1 Å². The SMILES string of the molecule is CCCCCC/C=C\CCCCCCCC(=O)OCC(COC(=O)CCCCCCCCCCCCCCCCCCCCCCCCCCCCCCCCC)OC(=O)CCCCCCC/C=C\CCCCCCC. The van der Waals surface area contributed by atoms with Gasteiger partial charge >= 0.3 is 17.9 Å². The van der Waals surface area contributed by atoms with Crippen LogP contribution in [0.2, 0.25) is 0 Å². The molecular weight excluding hydrogens is 937 g/mol. The van der Waals surface area contributed by atoms with Gasteiger partial charge in [0.1, 0.15) is 13.2 Å². The first-order chi connectivity index (χ1) is 37.5. The van der Waals surface area contributed by atoms with Gasteiger partial charge in [0.05, 0.1) is 0 Å². The van der Waals surface area contributed by atoms with Crippen molar-refractivity contribution in [3.63, 3.8) is 0 Å². The normalized spacial score (nSPS) is 12.1. The Kier molecular flexibility index (Phi) is 63.6. The van der Waals surface area contributed by atoms with Crippen molar-refractivity contribution in [3.8, 4) is 0 Å². The van der Waals surface area contributed by atoms with E-state index in [1.54, 1.807) is 0 Å². The summed E-state index contributed by atoms with van der Waals surface area (Å²) in [6, 6.07) is 0. The van der Waals surface area contributed by atoms with Crippen LogP contribution in [0.25, 0.3) is 0 Å². The molecule has 0 fully saturated rings. The number of carbonyl (C=O) groups is 3. The average Bonchev–Trinajstić information content (AvgIpc) is 3.42. The van der Waals surface area contributed by atoms with Crippen LogP contribution in [0, 0.1) is 0 Å². The molecule has 6 heteroatoms. The molecule has 0 N–H and O–H groups in total. The van der Waals surface area contributed by atoms with E-state index >= 15 is 0 Å². The van der Waals surface area contributed by atoms with E-state index in [0.29, 0.717) is 19.3 Å². The molecule has 0 spiro atoms. The van der Waals surface area contributed by atoms with E-state index in [1.165, 1.54) is 276 Å². The smallest absolute Gasteiger partial charge is 0.306 e. The largest absolute Gasteiger partial charge is 0.462 e. The van der Waals surface area contributed by atoms with Crippen molar-refractivity contribution in [1.29, 1.82) is 0 Å². The molecule has 76 heavy (non-hydrogen) atoms. The highest BCUT2D eigenvalue weighted by Gasteiger charge is 2.19. The van der Waals surface area contributed by atoms with E-state index < -0.39 is 6.10 Å². The average molecular weight is 1070 g/mol. The fourth-order valence-electron chi connectivity index (χ4n) is 10.5. The third kappa shape index (κ3) is 62.7. The van der Waals surface area contributed by atoms with Crippen LogP contribution in [0.4, 0.5) is 0 Å². The fourth-order valence-corrected chi connectivity index (χ4v) is 10.5. The summed E-state index contributed by atoms with van der Waals surface area (Å²) in [6.45, 7) is 6.67. The van der Waals surface area contributed by atoms with Crippen LogP contribution in [0.1, 0.15) is 387 Å². The molecule has 0 aliphatic carbocycles. The van der Waals surface area contributed by atoms with Crippen molar-refractivity contribution in [2.45, 2.75) is 393 Å². The van der Waals surface area contributed by atoms with Crippen molar-refractivity contribution in [3.05, 3.63) is 24.3 Å². The summed E-state index contributed by atoms with van der Waals surface area (Å²) in [5.74, 6) is -0.866. The predicted molar refractivity (Wildman–Crippen MR) is 330 cm³/mol. The van der Waals surface area contributed by atoms with Gasteiger partial charge in [0.15, 0.2) is 6.10 Å². The van der Waals surface area contributed by atoms with E-state index in [2.05, 4.69) is 45.1 Å². The van der Waals surface area contributed by atoms with Crippen LogP contribution in [0.5, 0.6) is 0 Å². The number of allylic oxidation sites excluding steroid dienone is 4. The molecule has 0 aromatic carbocycles. The molecule has 0 aliphatic heterocycles. The molecule has 0 aromatic heterocycles. The van der Waals surface area contributed by atoms with Gasteiger partial charge in [0, 0.05) is 19.3 Å². The Labute approximate surface area is 474 Å². The number of hydrogen-bond donors (Lipinski definition) is 0. The number of rotatable bonds is 64. The monoisotopic (exact) mass is 1070 g/mol. The zero-order valence-electron chi connectivity index (χ0n) is 51.6. The highest BCUT2D eigenvalue weighted by Crippen LogP contribution is 2.18. The summed E-state index contributed by atoms with van der Waals surface area (Å²) in [5.41, 5.74) is 0. The first-order valence-corrected chi connectivity index (χ1v) is 34.3. The molecule has 0 aliphatic rings. The van der Waals surface area contributed by atoms with Crippen molar-refractivity contribution in [1.82, 2.24) is 0 Å². The van der Waals surface area contributed by atoms with E-state index in [9.17, 15) is 14.4 Å². The quantitative estimate of drug-likeness (QED) is 0.0261. The maximum atomic E-state index is 12.9. The maximum absolute atomic E-state index is 12.9. The molecule has 448 valence electrons. The topological polar surface area (TPSA) is 78.9 Å². The van der Waals surface area contributed by atoms with Gasteiger partial charge in [0.2, 0.25) is 0 Å². The summed E-state index contributed by atoms with van der Waals surface area (Å²) in [5, 5.41) is 0. The first kappa shape index (κ1) is 73.9. The summed E-state index contributed by atoms with van der Waals surface area (Å²) >= 11 is 0. The molecular formula is C70H132O6.